The zero-order valence-corrected chi connectivity index (χ0v) is 18.6. The van der Waals surface area contributed by atoms with Crippen LogP contribution in [0.25, 0.3) is 0 Å². The van der Waals surface area contributed by atoms with Crippen molar-refractivity contribution in [3.63, 3.8) is 0 Å². The zero-order valence-electron chi connectivity index (χ0n) is 17.0. The SMILES string of the molecule is CCOC(=O)C(C)Sc1cnc(NC(=O)N(C2CCC2)C2CCC(C)CC2)s1. The van der Waals surface area contributed by atoms with Gasteiger partial charge in [0.1, 0.15) is 5.25 Å². The van der Waals surface area contributed by atoms with Crippen LogP contribution in [-0.2, 0) is 9.53 Å². The van der Waals surface area contributed by atoms with Crippen molar-refractivity contribution in [2.45, 2.75) is 87.3 Å². The van der Waals surface area contributed by atoms with Gasteiger partial charge in [0, 0.05) is 12.1 Å². The van der Waals surface area contributed by atoms with E-state index >= 15 is 0 Å². The molecule has 28 heavy (non-hydrogen) atoms. The first-order chi connectivity index (χ1) is 13.5. The van der Waals surface area contributed by atoms with Crippen LogP contribution in [-0.4, -0.2) is 45.8 Å². The Labute approximate surface area is 175 Å². The Hall–Kier alpha value is -1.28. The second kappa shape index (κ2) is 9.96. The van der Waals surface area contributed by atoms with Gasteiger partial charge in [-0.05, 0) is 64.7 Å². The number of nitrogens with one attached hydrogen (secondary N) is 1. The van der Waals surface area contributed by atoms with Gasteiger partial charge in [-0.3, -0.25) is 10.1 Å². The largest absolute Gasteiger partial charge is 0.465 e. The van der Waals surface area contributed by atoms with Crippen LogP contribution in [0.4, 0.5) is 9.93 Å². The molecule has 2 aliphatic carbocycles. The summed E-state index contributed by atoms with van der Waals surface area (Å²) in [5.41, 5.74) is 0. The topological polar surface area (TPSA) is 71.5 Å². The van der Waals surface area contributed by atoms with Crippen LogP contribution in [0.2, 0.25) is 0 Å². The maximum Gasteiger partial charge on any atom is 0.324 e. The Morgan fingerprint density at radius 1 is 1.29 bits per heavy atom. The molecular formula is C20H31N3O3S2. The molecule has 1 unspecified atom stereocenters. The van der Waals surface area contributed by atoms with Gasteiger partial charge in [0.2, 0.25) is 0 Å². The molecule has 2 fully saturated rings. The fraction of sp³-hybridized carbons (Fsp3) is 0.750. The fourth-order valence-corrected chi connectivity index (χ4v) is 5.85. The molecular weight excluding hydrogens is 394 g/mol. The molecule has 0 radical (unpaired) electrons. The molecule has 0 saturated heterocycles. The number of nitrogens with zero attached hydrogens (tertiary/aromatic N) is 2. The molecule has 1 aromatic rings. The van der Waals surface area contributed by atoms with Crippen LogP contribution in [0.3, 0.4) is 0 Å². The predicted octanol–water partition coefficient (Wildman–Crippen LogP) is 5.15. The number of anilines is 1. The van der Waals surface area contributed by atoms with Crippen molar-refractivity contribution in [3.8, 4) is 0 Å². The van der Waals surface area contributed by atoms with E-state index in [1.54, 1.807) is 13.1 Å². The van der Waals surface area contributed by atoms with E-state index in [1.807, 2.05) is 6.92 Å². The van der Waals surface area contributed by atoms with Crippen molar-refractivity contribution in [1.82, 2.24) is 9.88 Å². The van der Waals surface area contributed by atoms with Gasteiger partial charge >= 0.3 is 12.0 Å². The van der Waals surface area contributed by atoms with Crippen LogP contribution < -0.4 is 5.32 Å². The van der Waals surface area contributed by atoms with Crippen LogP contribution in [0.15, 0.2) is 10.4 Å². The highest BCUT2D eigenvalue weighted by molar-refractivity contribution is 8.02. The monoisotopic (exact) mass is 425 g/mol. The fourth-order valence-electron chi connectivity index (χ4n) is 3.82. The number of amides is 2. The average Bonchev–Trinajstić information content (AvgIpc) is 3.05. The van der Waals surface area contributed by atoms with Crippen LogP contribution in [0.1, 0.15) is 65.7 Å². The molecule has 2 aliphatic rings. The molecule has 2 saturated carbocycles. The molecule has 0 aliphatic heterocycles. The zero-order chi connectivity index (χ0) is 20.1. The molecule has 0 aromatic carbocycles. The molecule has 1 heterocycles. The predicted molar refractivity (Wildman–Crippen MR) is 114 cm³/mol. The summed E-state index contributed by atoms with van der Waals surface area (Å²) in [5, 5.41) is 3.32. The summed E-state index contributed by atoms with van der Waals surface area (Å²) < 4.78 is 5.95. The van der Waals surface area contributed by atoms with E-state index in [0.717, 1.165) is 35.8 Å². The number of rotatable bonds is 7. The lowest BCUT2D eigenvalue weighted by molar-refractivity contribution is -0.142. The Kier molecular flexibility index (Phi) is 7.62. The first kappa shape index (κ1) is 21.4. The highest BCUT2D eigenvalue weighted by Gasteiger charge is 2.36. The standard InChI is InChI=1S/C20H31N3O3S2/c1-4-26-18(24)14(3)27-17-12-21-19(28-17)22-20(25)23(15-6-5-7-15)16-10-8-13(2)9-11-16/h12-16H,4-11H2,1-3H3,(H,21,22,25). The van der Waals surface area contributed by atoms with Gasteiger partial charge in [-0.2, -0.15) is 0 Å². The number of thiazole rings is 1. The third-order valence-corrected chi connectivity index (χ3v) is 7.82. The van der Waals surface area contributed by atoms with Crippen molar-refractivity contribution < 1.29 is 14.3 Å². The van der Waals surface area contributed by atoms with Gasteiger partial charge in [-0.1, -0.05) is 30.0 Å². The molecule has 0 spiro atoms. The van der Waals surface area contributed by atoms with E-state index in [-0.39, 0.29) is 17.3 Å². The van der Waals surface area contributed by atoms with Crippen molar-refractivity contribution in [2.24, 2.45) is 5.92 Å². The quantitative estimate of drug-likeness (QED) is 0.483. The third kappa shape index (κ3) is 5.41. The Morgan fingerprint density at radius 3 is 2.57 bits per heavy atom. The summed E-state index contributed by atoms with van der Waals surface area (Å²) in [5.74, 6) is 0.539. The second-order valence-corrected chi connectivity index (χ2v) is 10.5. The summed E-state index contributed by atoms with van der Waals surface area (Å²) in [7, 11) is 0. The number of carbonyl (C=O) groups is 2. The van der Waals surface area contributed by atoms with Gasteiger partial charge in [-0.25, -0.2) is 9.78 Å². The smallest absolute Gasteiger partial charge is 0.324 e. The number of hydrogen-bond donors (Lipinski definition) is 1. The molecule has 8 heteroatoms. The first-order valence-electron chi connectivity index (χ1n) is 10.4. The molecule has 0 bridgehead atoms. The lowest BCUT2D eigenvalue weighted by Crippen LogP contribution is -2.52. The van der Waals surface area contributed by atoms with Crippen LogP contribution >= 0.6 is 23.1 Å². The molecule has 6 nitrogen and oxygen atoms in total. The summed E-state index contributed by atoms with van der Waals surface area (Å²) in [4.78, 5) is 31.3. The number of esters is 1. The molecule has 3 rings (SSSR count). The van der Waals surface area contributed by atoms with Gasteiger partial charge in [-0.15, -0.1) is 0 Å². The molecule has 1 aromatic heterocycles. The minimum atomic E-state index is -0.292. The molecule has 1 N–H and O–H groups in total. The Morgan fingerprint density at radius 2 is 1.96 bits per heavy atom. The van der Waals surface area contributed by atoms with Crippen LogP contribution in [0.5, 0.6) is 0 Å². The van der Waals surface area contributed by atoms with Crippen molar-refractivity contribution >= 4 is 40.2 Å². The average molecular weight is 426 g/mol. The van der Waals surface area contributed by atoms with E-state index in [1.165, 1.54) is 42.4 Å². The summed E-state index contributed by atoms with van der Waals surface area (Å²) >= 11 is 2.83. The minimum absolute atomic E-state index is 0.0198. The van der Waals surface area contributed by atoms with Gasteiger partial charge in [0.05, 0.1) is 17.0 Å². The van der Waals surface area contributed by atoms with Crippen molar-refractivity contribution in [1.29, 1.82) is 0 Å². The Balaban J connectivity index is 1.59. The Bertz CT molecular complexity index is 669. The number of urea groups is 1. The lowest BCUT2D eigenvalue weighted by Gasteiger charge is -2.44. The van der Waals surface area contributed by atoms with Gasteiger partial charge < -0.3 is 9.64 Å². The number of ether oxygens (including phenoxy) is 1. The highest BCUT2D eigenvalue weighted by Crippen LogP contribution is 2.35. The number of aromatic nitrogens is 1. The maximum atomic E-state index is 13.1. The van der Waals surface area contributed by atoms with Gasteiger partial charge in [0.15, 0.2) is 5.13 Å². The lowest BCUT2D eigenvalue weighted by atomic mass is 9.83. The van der Waals surface area contributed by atoms with E-state index in [9.17, 15) is 9.59 Å². The van der Waals surface area contributed by atoms with E-state index in [4.69, 9.17) is 4.74 Å². The highest BCUT2D eigenvalue weighted by atomic mass is 32.2. The molecule has 156 valence electrons. The number of thioether (sulfide) groups is 1. The van der Waals surface area contributed by atoms with E-state index in [0.29, 0.717) is 23.8 Å². The summed E-state index contributed by atoms with van der Waals surface area (Å²) in [6.45, 7) is 6.31. The molecule has 2 amide bonds. The summed E-state index contributed by atoms with van der Waals surface area (Å²) in [6, 6.07) is 0.698. The van der Waals surface area contributed by atoms with Crippen molar-refractivity contribution in [3.05, 3.63) is 6.20 Å². The minimum Gasteiger partial charge on any atom is -0.465 e. The van der Waals surface area contributed by atoms with E-state index in [2.05, 4.69) is 22.1 Å². The first-order valence-corrected chi connectivity index (χ1v) is 12.1. The number of carbonyl (C=O) groups excluding carboxylic acids is 2. The summed E-state index contributed by atoms with van der Waals surface area (Å²) in [6.07, 6.45) is 9.74. The molecule has 1 atom stereocenters. The second-order valence-electron chi connectivity index (χ2n) is 7.83. The number of hydrogen-bond acceptors (Lipinski definition) is 6. The maximum absolute atomic E-state index is 13.1. The van der Waals surface area contributed by atoms with Crippen LogP contribution in [0, 0.1) is 5.92 Å². The van der Waals surface area contributed by atoms with Crippen molar-refractivity contribution in [2.75, 3.05) is 11.9 Å². The van der Waals surface area contributed by atoms with Gasteiger partial charge in [0.25, 0.3) is 0 Å². The normalized spacial score (nSPS) is 23.5. The third-order valence-electron chi connectivity index (χ3n) is 5.69. The van der Waals surface area contributed by atoms with E-state index < -0.39 is 0 Å².